The van der Waals surface area contributed by atoms with E-state index < -0.39 is 5.41 Å². The second-order valence-electron chi connectivity index (χ2n) is 7.28. The Labute approximate surface area is 155 Å². The number of nitrogens with zero attached hydrogens (tertiary/aromatic N) is 4. The van der Waals surface area contributed by atoms with Crippen molar-refractivity contribution in [2.45, 2.75) is 30.7 Å². The van der Waals surface area contributed by atoms with Crippen molar-refractivity contribution in [3.8, 4) is 6.07 Å². The zero-order valence-corrected chi connectivity index (χ0v) is 14.6. The van der Waals surface area contributed by atoms with Crippen molar-refractivity contribution in [3.63, 3.8) is 0 Å². The Hall–Kier alpha value is -3.40. The van der Waals surface area contributed by atoms with Gasteiger partial charge in [-0.3, -0.25) is 10.1 Å². The van der Waals surface area contributed by atoms with Crippen molar-refractivity contribution in [2.24, 2.45) is 0 Å². The van der Waals surface area contributed by atoms with Gasteiger partial charge in [0.25, 0.3) is 5.69 Å². The van der Waals surface area contributed by atoms with Crippen molar-refractivity contribution in [3.05, 3.63) is 64.0 Å². The summed E-state index contributed by atoms with van der Waals surface area (Å²) >= 11 is 0. The molecule has 0 spiro atoms. The van der Waals surface area contributed by atoms with Crippen molar-refractivity contribution < 1.29 is 4.92 Å². The van der Waals surface area contributed by atoms with Crippen LogP contribution in [0, 0.1) is 21.4 Å². The fourth-order valence-corrected chi connectivity index (χ4v) is 4.67. The van der Waals surface area contributed by atoms with Crippen LogP contribution in [0.15, 0.2) is 42.5 Å². The molecule has 3 heterocycles. The van der Waals surface area contributed by atoms with Gasteiger partial charge in [-0.2, -0.15) is 5.26 Å². The van der Waals surface area contributed by atoms with Crippen LogP contribution in [0.2, 0.25) is 0 Å². The summed E-state index contributed by atoms with van der Waals surface area (Å²) < 4.78 is 0. The highest BCUT2D eigenvalue weighted by Gasteiger charge is 2.52. The molecule has 1 saturated heterocycles. The first kappa shape index (κ1) is 15.8. The molecule has 1 fully saturated rings. The van der Waals surface area contributed by atoms with E-state index >= 15 is 0 Å². The third kappa shape index (κ3) is 2.16. The minimum Gasteiger partial charge on any atom is -0.366 e. The third-order valence-corrected chi connectivity index (χ3v) is 5.89. The average Bonchev–Trinajstić information content (AvgIpc) is 3.34. The van der Waals surface area contributed by atoms with E-state index in [-0.39, 0.29) is 16.7 Å². The minimum absolute atomic E-state index is 0.0111. The normalized spacial score (nSPS) is 23.7. The predicted octanol–water partition coefficient (Wildman–Crippen LogP) is 3.46. The summed E-state index contributed by atoms with van der Waals surface area (Å²) in [6, 6.07) is 15.3. The molecule has 3 aromatic rings. The van der Waals surface area contributed by atoms with Crippen molar-refractivity contribution in [2.75, 3.05) is 11.4 Å². The molecule has 2 aromatic carbocycles. The molecule has 2 aliphatic heterocycles. The highest BCUT2D eigenvalue weighted by Crippen LogP contribution is 2.47. The van der Waals surface area contributed by atoms with Gasteiger partial charge in [0.15, 0.2) is 0 Å². The lowest BCUT2D eigenvalue weighted by Gasteiger charge is -2.43. The molecule has 0 radical (unpaired) electrons. The summed E-state index contributed by atoms with van der Waals surface area (Å²) in [6.45, 7) is 0.846. The standard InChI is InChI=1S/C20H17N5O2/c21-12-20(19-22-15-4-1-2-5-16(15)23-19)11-13-10-14(25(26)27)7-8-17(13)24-9-3-6-18(20)24/h1-2,4-5,7-8,10,18H,3,6,9,11H2,(H,22,23). The van der Waals surface area contributed by atoms with Gasteiger partial charge in [0.1, 0.15) is 11.2 Å². The van der Waals surface area contributed by atoms with Crippen LogP contribution in [-0.2, 0) is 11.8 Å². The number of hydrogen-bond acceptors (Lipinski definition) is 5. The quantitative estimate of drug-likeness (QED) is 0.558. The fraction of sp³-hybridized carbons (Fsp3) is 0.300. The van der Waals surface area contributed by atoms with E-state index in [9.17, 15) is 15.4 Å². The summed E-state index contributed by atoms with van der Waals surface area (Å²) in [5, 5.41) is 21.5. The molecule has 2 unspecified atom stereocenters. The van der Waals surface area contributed by atoms with Gasteiger partial charge in [0.2, 0.25) is 0 Å². The highest BCUT2D eigenvalue weighted by atomic mass is 16.6. The smallest absolute Gasteiger partial charge is 0.269 e. The number of nitrogens with one attached hydrogen (secondary N) is 1. The molecule has 1 N–H and O–H groups in total. The van der Waals surface area contributed by atoms with Gasteiger partial charge in [-0.05, 0) is 36.6 Å². The van der Waals surface area contributed by atoms with Crippen molar-refractivity contribution >= 4 is 22.4 Å². The van der Waals surface area contributed by atoms with Gasteiger partial charge in [0, 0.05) is 30.8 Å². The number of hydrogen-bond donors (Lipinski definition) is 1. The Morgan fingerprint density at radius 2 is 2.19 bits per heavy atom. The summed E-state index contributed by atoms with van der Waals surface area (Å²) in [5.74, 6) is 0.653. The lowest BCUT2D eigenvalue weighted by atomic mass is 9.71. The minimum atomic E-state index is -0.849. The first-order valence-corrected chi connectivity index (χ1v) is 9.03. The molecule has 1 aromatic heterocycles. The molecule has 27 heavy (non-hydrogen) atoms. The van der Waals surface area contributed by atoms with Crippen LogP contribution in [0.1, 0.15) is 24.2 Å². The number of H-pyrrole nitrogens is 1. The summed E-state index contributed by atoms with van der Waals surface area (Å²) in [4.78, 5) is 21.2. The number of nitriles is 1. The average molecular weight is 359 g/mol. The van der Waals surface area contributed by atoms with E-state index in [1.807, 2.05) is 30.3 Å². The number of anilines is 1. The Balaban J connectivity index is 1.71. The van der Waals surface area contributed by atoms with Crippen LogP contribution in [0.3, 0.4) is 0 Å². The molecule has 0 saturated carbocycles. The van der Waals surface area contributed by atoms with E-state index in [2.05, 4.69) is 16.0 Å². The number of imidazole rings is 1. The number of aromatic amines is 1. The van der Waals surface area contributed by atoms with Crippen molar-refractivity contribution in [1.82, 2.24) is 9.97 Å². The Bertz CT molecular complexity index is 1080. The summed E-state index contributed by atoms with van der Waals surface area (Å²) in [5.41, 5.74) is 2.78. The molecule has 2 aliphatic rings. The Morgan fingerprint density at radius 3 is 2.96 bits per heavy atom. The predicted molar refractivity (Wildman–Crippen MR) is 101 cm³/mol. The number of fused-ring (bicyclic) bond motifs is 4. The molecule has 5 rings (SSSR count). The summed E-state index contributed by atoms with van der Waals surface area (Å²) in [6.07, 6.45) is 2.31. The number of non-ortho nitro benzene ring substituents is 1. The van der Waals surface area contributed by atoms with E-state index in [0.717, 1.165) is 41.7 Å². The molecule has 7 nitrogen and oxygen atoms in total. The van der Waals surface area contributed by atoms with Crippen molar-refractivity contribution in [1.29, 1.82) is 5.26 Å². The van der Waals surface area contributed by atoms with E-state index in [0.29, 0.717) is 12.2 Å². The number of nitro groups is 1. The number of para-hydroxylation sites is 2. The lowest BCUT2D eigenvalue weighted by Crippen LogP contribution is -2.52. The SMILES string of the molecule is N#CC1(c2nc3ccccc3[nH]2)Cc2cc([N+](=O)[O-])ccc2N2CCCC21. The van der Waals surface area contributed by atoms with E-state index in [4.69, 9.17) is 4.98 Å². The number of benzene rings is 2. The maximum absolute atomic E-state index is 11.2. The molecule has 7 heteroatoms. The topological polar surface area (TPSA) is 98.8 Å². The monoisotopic (exact) mass is 359 g/mol. The van der Waals surface area contributed by atoms with Crippen LogP contribution in [0.4, 0.5) is 11.4 Å². The molecule has 0 bridgehead atoms. The first-order chi connectivity index (χ1) is 13.1. The molecule has 0 amide bonds. The zero-order valence-electron chi connectivity index (χ0n) is 14.6. The van der Waals surface area contributed by atoms with Crippen LogP contribution in [-0.4, -0.2) is 27.5 Å². The van der Waals surface area contributed by atoms with Gasteiger partial charge in [0.05, 0.1) is 28.1 Å². The van der Waals surface area contributed by atoms with Crippen LogP contribution < -0.4 is 4.90 Å². The summed E-state index contributed by atoms with van der Waals surface area (Å²) in [7, 11) is 0. The molecule has 2 atom stereocenters. The second-order valence-corrected chi connectivity index (χ2v) is 7.28. The lowest BCUT2D eigenvalue weighted by molar-refractivity contribution is -0.384. The molecule has 134 valence electrons. The molecule has 0 aliphatic carbocycles. The van der Waals surface area contributed by atoms with Gasteiger partial charge in [-0.1, -0.05) is 12.1 Å². The van der Waals surface area contributed by atoms with Gasteiger partial charge < -0.3 is 9.88 Å². The molecular formula is C20H17N5O2. The number of aromatic nitrogens is 2. The largest absolute Gasteiger partial charge is 0.366 e. The van der Waals surface area contributed by atoms with Crippen LogP contribution in [0.5, 0.6) is 0 Å². The third-order valence-electron chi connectivity index (χ3n) is 5.89. The highest BCUT2D eigenvalue weighted by molar-refractivity contribution is 5.76. The Kier molecular flexibility index (Phi) is 3.25. The number of nitro benzene ring substituents is 1. The van der Waals surface area contributed by atoms with Gasteiger partial charge in [-0.25, -0.2) is 4.98 Å². The second kappa shape index (κ2) is 5.55. The fourth-order valence-electron chi connectivity index (χ4n) is 4.67. The van der Waals surface area contributed by atoms with Gasteiger partial charge in [-0.15, -0.1) is 0 Å². The van der Waals surface area contributed by atoms with Crippen LogP contribution in [0.25, 0.3) is 11.0 Å². The Morgan fingerprint density at radius 1 is 1.33 bits per heavy atom. The van der Waals surface area contributed by atoms with Crippen LogP contribution >= 0.6 is 0 Å². The maximum atomic E-state index is 11.2. The van der Waals surface area contributed by atoms with Gasteiger partial charge >= 0.3 is 0 Å². The maximum Gasteiger partial charge on any atom is 0.269 e. The first-order valence-electron chi connectivity index (χ1n) is 9.03. The number of rotatable bonds is 2. The zero-order chi connectivity index (χ0) is 18.6. The molecular weight excluding hydrogens is 342 g/mol. The van der Waals surface area contributed by atoms with E-state index in [1.54, 1.807) is 12.1 Å². The van der Waals surface area contributed by atoms with E-state index in [1.165, 1.54) is 0 Å².